The Bertz CT molecular complexity index is 498. The van der Waals surface area contributed by atoms with Crippen molar-refractivity contribution in [3.63, 3.8) is 0 Å². The molecule has 0 aliphatic carbocycles. The Kier molecular flexibility index (Phi) is 3.97. The van der Waals surface area contributed by atoms with E-state index in [-0.39, 0.29) is 6.04 Å². The third-order valence-electron chi connectivity index (χ3n) is 2.48. The van der Waals surface area contributed by atoms with E-state index >= 15 is 0 Å². The van der Waals surface area contributed by atoms with Crippen molar-refractivity contribution in [1.82, 2.24) is 9.36 Å². The average Bonchev–Trinajstić information content (AvgIpc) is 2.72. The molecule has 17 heavy (non-hydrogen) atoms. The molecule has 90 valence electrons. The molecular weight excluding hydrogens is 254 g/mol. The second-order valence-electron chi connectivity index (χ2n) is 3.81. The van der Waals surface area contributed by atoms with Crippen molar-refractivity contribution < 1.29 is 0 Å². The van der Waals surface area contributed by atoms with Crippen molar-refractivity contribution in [3.8, 4) is 0 Å². The molecule has 1 aromatic heterocycles. The van der Waals surface area contributed by atoms with Gasteiger partial charge in [-0.15, -0.1) is 0 Å². The Balaban J connectivity index is 2.16. The van der Waals surface area contributed by atoms with Gasteiger partial charge in [-0.1, -0.05) is 30.7 Å². The Labute approximate surface area is 110 Å². The van der Waals surface area contributed by atoms with E-state index in [9.17, 15) is 0 Å². The Morgan fingerprint density at radius 1 is 1.47 bits per heavy atom. The normalized spacial score (nSPS) is 12.4. The zero-order valence-electron chi connectivity index (χ0n) is 9.77. The van der Waals surface area contributed by atoms with Crippen LogP contribution in [0.15, 0.2) is 24.3 Å². The van der Waals surface area contributed by atoms with Crippen LogP contribution in [0.2, 0.25) is 5.02 Å². The first-order chi connectivity index (χ1) is 8.19. The number of aryl methyl sites for hydroxylation is 1. The van der Waals surface area contributed by atoms with Crippen LogP contribution in [-0.4, -0.2) is 9.36 Å². The lowest BCUT2D eigenvalue weighted by molar-refractivity contribution is 0.747. The highest BCUT2D eigenvalue weighted by Gasteiger charge is 2.11. The van der Waals surface area contributed by atoms with Gasteiger partial charge in [0.1, 0.15) is 5.82 Å². The molecule has 0 bridgehead atoms. The van der Waals surface area contributed by atoms with Gasteiger partial charge in [0.05, 0.1) is 6.04 Å². The molecule has 3 nitrogen and oxygen atoms in total. The number of anilines is 1. The maximum absolute atomic E-state index is 6.00. The van der Waals surface area contributed by atoms with Gasteiger partial charge >= 0.3 is 0 Å². The molecule has 1 aromatic carbocycles. The molecule has 0 spiro atoms. The number of aromatic nitrogens is 2. The molecule has 0 fully saturated rings. The minimum Gasteiger partial charge on any atom is -0.353 e. The summed E-state index contributed by atoms with van der Waals surface area (Å²) in [4.78, 5) is 4.31. The van der Waals surface area contributed by atoms with Gasteiger partial charge in [-0.3, -0.25) is 0 Å². The first-order valence-electron chi connectivity index (χ1n) is 5.51. The van der Waals surface area contributed by atoms with Gasteiger partial charge in [0, 0.05) is 16.6 Å². The van der Waals surface area contributed by atoms with Crippen LogP contribution in [0.5, 0.6) is 0 Å². The molecule has 2 aromatic rings. The summed E-state index contributed by atoms with van der Waals surface area (Å²) in [6.45, 7) is 4.02. The van der Waals surface area contributed by atoms with Crippen molar-refractivity contribution >= 4 is 28.3 Å². The van der Waals surface area contributed by atoms with E-state index in [4.69, 9.17) is 11.6 Å². The van der Waals surface area contributed by atoms with Crippen molar-refractivity contribution in [3.05, 3.63) is 40.7 Å². The smallest absolute Gasteiger partial charge is 0.203 e. The zero-order valence-corrected chi connectivity index (χ0v) is 11.3. The molecule has 0 amide bonds. The van der Waals surface area contributed by atoms with E-state index in [1.807, 2.05) is 25.1 Å². The second kappa shape index (κ2) is 5.47. The number of rotatable bonds is 4. The summed E-state index contributed by atoms with van der Waals surface area (Å²) in [5, 5.41) is 5.00. The lowest BCUT2D eigenvalue weighted by Crippen LogP contribution is -2.09. The predicted octanol–water partition coefficient (Wildman–Crippen LogP) is 4.06. The molecule has 1 heterocycles. The second-order valence-corrected chi connectivity index (χ2v) is 5.00. The topological polar surface area (TPSA) is 37.8 Å². The molecule has 0 saturated carbocycles. The molecule has 2 rings (SSSR count). The zero-order chi connectivity index (χ0) is 12.3. The summed E-state index contributed by atoms with van der Waals surface area (Å²) in [5.41, 5.74) is 1.17. The van der Waals surface area contributed by atoms with Crippen LogP contribution in [0.3, 0.4) is 0 Å². The standard InChI is InChI=1S/C12H14ClN3S/c1-3-11(9-5-4-6-10(13)7-9)15-12-14-8(2)16-17-12/h4-7,11H,3H2,1-2H3,(H,14,15,16). The van der Waals surface area contributed by atoms with Gasteiger partial charge in [-0.25, -0.2) is 4.98 Å². The fraction of sp³-hybridized carbons (Fsp3) is 0.333. The summed E-state index contributed by atoms with van der Waals surface area (Å²) in [5.74, 6) is 0.804. The monoisotopic (exact) mass is 267 g/mol. The lowest BCUT2D eigenvalue weighted by atomic mass is 10.1. The van der Waals surface area contributed by atoms with E-state index in [2.05, 4.69) is 27.7 Å². The summed E-state index contributed by atoms with van der Waals surface area (Å²) < 4.78 is 4.16. The molecule has 1 unspecified atom stereocenters. The van der Waals surface area contributed by atoms with Crippen LogP contribution >= 0.6 is 23.1 Å². The van der Waals surface area contributed by atoms with Crippen LogP contribution in [0.4, 0.5) is 5.13 Å². The summed E-state index contributed by atoms with van der Waals surface area (Å²) in [7, 11) is 0. The van der Waals surface area contributed by atoms with E-state index in [1.165, 1.54) is 17.1 Å². The van der Waals surface area contributed by atoms with E-state index in [0.29, 0.717) is 0 Å². The third-order valence-corrected chi connectivity index (χ3v) is 3.46. The summed E-state index contributed by atoms with van der Waals surface area (Å²) in [6.07, 6.45) is 0.971. The number of benzene rings is 1. The number of halogens is 1. The van der Waals surface area contributed by atoms with Crippen LogP contribution in [-0.2, 0) is 0 Å². The van der Waals surface area contributed by atoms with Crippen LogP contribution in [0.25, 0.3) is 0 Å². The molecule has 0 aliphatic heterocycles. The number of hydrogen-bond donors (Lipinski definition) is 1. The highest BCUT2D eigenvalue weighted by Crippen LogP contribution is 2.25. The SMILES string of the molecule is CCC(Nc1nc(C)ns1)c1cccc(Cl)c1. The minimum absolute atomic E-state index is 0.223. The fourth-order valence-corrected chi connectivity index (χ4v) is 2.48. The average molecular weight is 268 g/mol. The van der Waals surface area contributed by atoms with Gasteiger partial charge < -0.3 is 5.32 Å². The molecule has 1 atom stereocenters. The highest BCUT2D eigenvalue weighted by molar-refractivity contribution is 7.09. The predicted molar refractivity (Wildman–Crippen MR) is 72.8 cm³/mol. The number of hydrogen-bond acceptors (Lipinski definition) is 4. The Morgan fingerprint density at radius 2 is 2.29 bits per heavy atom. The van der Waals surface area contributed by atoms with Gasteiger partial charge in [0.25, 0.3) is 0 Å². The van der Waals surface area contributed by atoms with Crippen LogP contribution < -0.4 is 5.32 Å². The fourth-order valence-electron chi connectivity index (χ4n) is 1.65. The summed E-state index contributed by atoms with van der Waals surface area (Å²) in [6, 6.07) is 8.12. The third kappa shape index (κ3) is 3.17. The minimum atomic E-state index is 0.223. The van der Waals surface area contributed by atoms with Crippen LogP contribution in [0, 0.1) is 6.92 Å². The first-order valence-corrected chi connectivity index (χ1v) is 6.66. The van der Waals surface area contributed by atoms with Crippen LogP contribution in [0.1, 0.15) is 30.8 Å². The first kappa shape index (κ1) is 12.3. The highest BCUT2D eigenvalue weighted by atomic mass is 35.5. The van der Waals surface area contributed by atoms with Crippen molar-refractivity contribution in [2.75, 3.05) is 5.32 Å². The lowest BCUT2D eigenvalue weighted by Gasteiger charge is -2.16. The largest absolute Gasteiger partial charge is 0.353 e. The maximum Gasteiger partial charge on any atom is 0.203 e. The molecule has 1 N–H and O–H groups in total. The van der Waals surface area contributed by atoms with Crippen molar-refractivity contribution in [2.24, 2.45) is 0 Å². The summed E-state index contributed by atoms with van der Waals surface area (Å²) >= 11 is 7.39. The van der Waals surface area contributed by atoms with Gasteiger partial charge in [-0.05, 0) is 31.0 Å². The maximum atomic E-state index is 6.00. The van der Waals surface area contributed by atoms with Gasteiger partial charge in [0.15, 0.2) is 0 Å². The van der Waals surface area contributed by atoms with E-state index < -0.39 is 0 Å². The van der Waals surface area contributed by atoms with Gasteiger partial charge in [-0.2, -0.15) is 4.37 Å². The number of nitrogens with one attached hydrogen (secondary N) is 1. The Morgan fingerprint density at radius 3 is 2.88 bits per heavy atom. The molecule has 5 heteroatoms. The molecule has 0 aliphatic rings. The molecule has 0 radical (unpaired) electrons. The van der Waals surface area contributed by atoms with E-state index in [1.54, 1.807) is 0 Å². The quantitative estimate of drug-likeness (QED) is 0.908. The van der Waals surface area contributed by atoms with Gasteiger partial charge in [0.2, 0.25) is 5.13 Å². The molecule has 0 saturated heterocycles. The van der Waals surface area contributed by atoms with Crippen molar-refractivity contribution in [2.45, 2.75) is 26.3 Å². The Hall–Kier alpha value is -1.13. The van der Waals surface area contributed by atoms with Crippen molar-refractivity contribution in [1.29, 1.82) is 0 Å². The van der Waals surface area contributed by atoms with E-state index in [0.717, 1.165) is 22.4 Å². The molecular formula is C12H14ClN3S. The number of nitrogens with zero attached hydrogens (tertiary/aromatic N) is 2.